The van der Waals surface area contributed by atoms with Crippen LogP contribution >= 0.6 is 0 Å². The highest BCUT2D eigenvalue weighted by Crippen LogP contribution is 2.39. The molecule has 3 rings (SSSR count). The van der Waals surface area contributed by atoms with Gasteiger partial charge in [-0.15, -0.1) is 0 Å². The van der Waals surface area contributed by atoms with Crippen LogP contribution in [0.1, 0.15) is 37.5 Å². The second-order valence-electron chi connectivity index (χ2n) is 6.36. The Hall–Kier alpha value is -1.81. The van der Waals surface area contributed by atoms with Gasteiger partial charge in [-0.25, -0.2) is 14.2 Å². The van der Waals surface area contributed by atoms with Gasteiger partial charge in [-0.2, -0.15) is 13.2 Å². The van der Waals surface area contributed by atoms with Gasteiger partial charge in [0.15, 0.2) is 5.76 Å². The Morgan fingerprint density at radius 1 is 1.28 bits per heavy atom. The number of hydrogen-bond donors (Lipinski definition) is 1. The fraction of sp³-hybridized carbons (Fsp3) is 0.733. The fourth-order valence-electron chi connectivity index (χ4n) is 3.58. The number of nitrogens with zero attached hydrogens (tertiary/aromatic N) is 2. The highest BCUT2D eigenvalue weighted by Gasteiger charge is 2.44. The molecule has 0 bridgehead atoms. The molecule has 0 aromatic carbocycles. The molecule has 0 radical (unpaired) electrons. The van der Waals surface area contributed by atoms with E-state index >= 15 is 0 Å². The Morgan fingerprint density at radius 2 is 1.96 bits per heavy atom. The lowest BCUT2D eigenvalue weighted by molar-refractivity contribution is -0.190. The second kappa shape index (κ2) is 6.83. The summed E-state index contributed by atoms with van der Waals surface area (Å²) >= 11 is 0. The summed E-state index contributed by atoms with van der Waals surface area (Å²) in [5.74, 6) is -3.67. The molecule has 2 saturated heterocycles. The van der Waals surface area contributed by atoms with Crippen molar-refractivity contribution in [3.8, 4) is 5.88 Å². The molecule has 0 amide bonds. The lowest BCUT2D eigenvalue weighted by atomic mass is 10.0. The van der Waals surface area contributed by atoms with Gasteiger partial charge in [0.2, 0.25) is 5.88 Å². The molecule has 0 saturated carbocycles. The Balaban J connectivity index is 1.89. The zero-order valence-electron chi connectivity index (χ0n) is 13.8. The SMILES string of the molecule is Cn1c(OC(=O)C(F)(F)F)c([C@H]2CCCN2C2CCNCC2)oc1=O. The number of halogens is 3. The number of likely N-dealkylation sites (tertiary alicyclic amines) is 1. The third-order valence-corrected chi connectivity index (χ3v) is 4.78. The molecule has 140 valence electrons. The number of piperidine rings is 1. The molecule has 1 atom stereocenters. The van der Waals surface area contributed by atoms with E-state index in [0.717, 1.165) is 43.5 Å². The van der Waals surface area contributed by atoms with Crippen molar-refractivity contribution in [3.05, 3.63) is 16.3 Å². The van der Waals surface area contributed by atoms with E-state index in [-0.39, 0.29) is 17.8 Å². The molecule has 0 aliphatic carbocycles. The molecule has 2 aliphatic heterocycles. The van der Waals surface area contributed by atoms with Gasteiger partial charge in [0.1, 0.15) is 0 Å². The summed E-state index contributed by atoms with van der Waals surface area (Å²) in [6.45, 7) is 2.49. The first-order chi connectivity index (χ1) is 11.8. The van der Waals surface area contributed by atoms with E-state index in [0.29, 0.717) is 6.42 Å². The second-order valence-corrected chi connectivity index (χ2v) is 6.36. The fourth-order valence-corrected chi connectivity index (χ4v) is 3.58. The van der Waals surface area contributed by atoms with E-state index < -0.39 is 23.8 Å². The van der Waals surface area contributed by atoms with Crippen LogP contribution in [0.4, 0.5) is 13.2 Å². The molecule has 25 heavy (non-hydrogen) atoms. The van der Waals surface area contributed by atoms with Crippen LogP contribution in [0.2, 0.25) is 0 Å². The van der Waals surface area contributed by atoms with Crippen molar-refractivity contribution in [1.82, 2.24) is 14.8 Å². The van der Waals surface area contributed by atoms with E-state index in [1.165, 1.54) is 7.05 Å². The van der Waals surface area contributed by atoms with E-state index in [1.54, 1.807) is 0 Å². The summed E-state index contributed by atoms with van der Waals surface area (Å²) in [6, 6.07) is -0.113. The summed E-state index contributed by atoms with van der Waals surface area (Å²) in [5.41, 5.74) is 0. The average Bonchev–Trinajstić information content (AvgIpc) is 3.15. The Bertz CT molecular complexity index is 691. The number of carbonyl (C=O) groups excluding carboxylic acids is 1. The first-order valence-corrected chi connectivity index (χ1v) is 8.24. The van der Waals surface area contributed by atoms with Gasteiger partial charge >= 0.3 is 17.9 Å². The molecule has 7 nitrogen and oxygen atoms in total. The number of rotatable bonds is 3. The zero-order valence-corrected chi connectivity index (χ0v) is 13.8. The van der Waals surface area contributed by atoms with E-state index in [4.69, 9.17) is 4.42 Å². The Morgan fingerprint density at radius 3 is 2.60 bits per heavy atom. The van der Waals surface area contributed by atoms with Crippen molar-refractivity contribution in [2.75, 3.05) is 19.6 Å². The first-order valence-electron chi connectivity index (χ1n) is 8.24. The topological polar surface area (TPSA) is 76.7 Å². The predicted octanol–water partition coefficient (Wildman–Crippen LogP) is 1.33. The normalized spacial score (nSPS) is 23.1. The van der Waals surface area contributed by atoms with Gasteiger partial charge in [0, 0.05) is 13.1 Å². The maximum atomic E-state index is 12.5. The number of aromatic nitrogens is 1. The molecule has 10 heteroatoms. The van der Waals surface area contributed by atoms with Crippen LogP contribution in [0.3, 0.4) is 0 Å². The van der Waals surface area contributed by atoms with Crippen molar-refractivity contribution < 1.29 is 27.1 Å². The van der Waals surface area contributed by atoms with Crippen molar-refractivity contribution in [2.45, 2.75) is 43.9 Å². The van der Waals surface area contributed by atoms with Crippen LogP contribution in [0.25, 0.3) is 0 Å². The molecule has 1 aromatic heterocycles. The Labute approximate surface area is 141 Å². The third kappa shape index (κ3) is 3.59. The smallest absolute Gasteiger partial charge is 0.407 e. The van der Waals surface area contributed by atoms with Crippen LogP contribution in [0.15, 0.2) is 9.21 Å². The summed E-state index contributed by atoms with van der Waals surface area (Å²) in [4.78, 5) is 25.2. The highest BCUT2D eigenvalue weighted by atomic mass is 19.4. The van der Waals surface area contributed by atoms with Crippen LogP contribution in [0.5, 0.6) is 5.88 Å². The zero-order chi connectivity index (χ0) is 18.2. The lowest BCUT2D eigenvalue weighted by Crippen LogP contribution is -2.42. The number of ether oxygens (including phenoxy) is 1. The van der Waals surface area contributed by atoms with E-state index in [2.05, 4.69) is 15.0 Å². The van der Waals surface area contributed by atoms with Crippen molar-refractivity contribution in [3.63, 3.8) is 0 Å². The molecule has 1 aromatic rings. The van der Waals surface area contributed by atoms with E-state index in [9.17, 15) is 22.8 Å². The molecule has 0 unspecified atom stereocenters. The summed E-state index contributed by atoms with van der Waals surface area (Å²) in [6.07, 6.45) is -1.86. The third-order valence-electron chi connectivity index (χ3n) is 4.78. The standard InChI is InChI=1S/C15H20F3N3O4/c1-20-12(25-13(22)15(16,17)18)11(24-14(20)23)10-3-2-8-21(10)9-4-6-19-7-5-9/h9-10,19H,2-8H2,1H3/t10-/m1/s1. The maximum absolute atomic E-state index is 12.5. The molecule has 3 heterocycles. The van der Waals surface area contributed by atoms with E-state index in [1.807, 2.05) is 0 Å². The number of esters is 1. The predicted molar refractivity (Wildman–Crippen MR) is 80.2 cm³/mol. The maximum Gasteiger partial charge on any atom is 0.491 e. The monoisotopic (exact) mass is 363 g/mol. The number of oxazole rings is 1. The molecule has 2 fully saturated rings. The highest BCUT2D eigenvalue weighted by molar-refractivity contribution is 5.78. The molecule has 0 spiro atoms. The van der Waals surface area contributed by atoms with Gasteiger partial charge < -0.3 is 14.5 Å². The summed E-state index contributed by atoms with van der Waals surface area (Å²) in [5, 5.41) is 3.26. The molecular formula is C15H20F3N3O4. The van der Waals surface area contributed by atoms with Crippen molar-refractivity contribution in [2.24, 2.45) is 7.05 Å². The molecule has 2 aliphatic rings. The van der Waals surface area contributed by atoms with Gasteiger partial charge in [0.05, 0.1) is 6.04 Å². The van der Waals surface area contributed by atoms with Crippen LogP contribution < -0.4 is 15.8 Å². The summed E-state index contributed by atoms with van der Waals surface area (Å²) in [7, 11) is 1.22. The van der Waals surface area contributed by atoms with Gasteiger partial charge in [-0.1, -0.05) is 0 Å². The van der Waals surface area contributed by atoms with Crippen LogP contribution in [-0.2, 0) is 11.8 Å². The summed E-state index contributed by atoms with van der Waals surface area (Å²) < 4.78 is 48.1. The van der Waals surface area contributed by atoms with Crippen LogP contribution in [0, 0.1) is 0 Å². The van der Waals surface area contributed by atoms with Crippen LogP contribution in [-0.4, -0.2) is 47.3 Å². The van der Waals surface area contributed by atoms with Gasteiger partial charge in [0.25, 0.3) is 0 Å². The first kappa shape index (κ1) is 18.0. The average molecular weight is 363 g/mol. The molecular weight excluding hydrogens is 343 g/mol. The van der Waals surface area contributed by atoms with Gasteiger partial charge in [-0.3, -0.25) is 4.90 Å². The number of nitrogens with one attached hydrogen (secondary N) is 1. The minimum atomic E-state index is -5.14. The number of hydrogen-bond acceptors (Lipinski definition) is 6. The van der Waals surface area contributed by atoms with Crippen molar-refractivity contribution >= 4 is 5.97 Å². The lowest BCUT2D eigenvalue weighted by Gasteiger charge is -2.35. The van der Waals surface area contributed by atoms with Crippen molar-refractivity contribution in [1.29, 1.82) is 0 Å². The number of alkyl halides is 3. The minimum absolute atomic E-state index is 0.00105. The minimum Gasteiger partial charge on any atom is -0.407 e. The molecule has 1 N–H and O–H groups in total. The quantitative estimate of drug-likeness (QED) is 0.817. The van der Waals surface area contributed by atoms with Gasteiger partial charge in [-0.05, 0) is 45.3 Å². The Kier molecular flexibility index (Phi) is 4.92. The number of carbonyl (C=O) groups is 1. The largest absolute Gasteiger partial charge is 0.491 e.